The van der Waals surface area contributed by atoms with Crippen LogP contribution in [-0.2, 0) is 10.0 Å². The first kappa shape index (κ1) is 15.5. The fraction of sp³-hybridized carbons (Fsp3) is 0.733. The van der Waals surface area contributed by atoms with Crippen LogP contribution in [0, 0.1) is 5.92 Å². The molecule has 0 radical (unpaired) electrons. The van der Waals surface area contributed by atoms with Crippen LogP contribution in [0.5, 0.6) is 0 Å². The Balaban J connectivity index is 1.45. The maximum atomic E-state index is 12.1. The van der Waals surface area contributed by atoms with Crippen LogP contribution in [0.25, 0.3) is 0 Å². The third-order valence-corrected chi connectivity index (χ3v) is 7.63. The van der Waals surface area contributed by atoms with Crippen molar-refractivity contribution in [3.8, 4) is 0 Å². The zero-order valence-electron chi connectivity index (χ0n) is 12.3. The average molecular weight is 329 g/mol. The summed E-state index contributed by atoms with van der Waals surface area (Å²) in [4.78, 5) is 2.62. The predicted octanol–water partition coefficient (Wildman–Crippen LogP) is 2.68. The first-order valence-corrected chi connectivity index (χ1v) is 10.3. The number of likely N-dealkylation sites (tertiary alicyclic amines) is 1. The van der Waals surface area contributed by atoms with Gasteiger partial charge >= 0.3 is 0 Å². The summed E-state index contributed by atoms with van der Waals surface area (Å²) in [7, 11) is -3.29. The Morgan fingerprint density at radius 2 is 1.90 bits per heavy atom. The molecule has 118 valence electrons. The highest BCUT2D eigenvalue weighted by molar-refractivity contribution is 7.91. The number of rotatable bonds is 5. The molecule has 21 heavy (non-hydrogen) atoms. The Labute approximate surface area is 131 Å². The van der Waals surface area contributed by atoms with Crippen molar-refractivity contribution in [2.24, 2.45) is 5.92 Å². The molecule has 0 atom stereocenters. The molecule has 0 unspecified atom stereocenters. The van der Waals surface area contributed by atoms with Crippen molar-refractivity contribution in [1.29, 1.82) is 0 Å². The Kier molecular flexibility index (Phi) is 4.99. The van der Waals surface area contributed by atoms with Crippen molar-refractivity contribution in [3.63, 3.8) is 0 Å². The monoisotopic (exact) mass is 328 g/mol. The number of nitrogens with one attached hydrogen (secondary N) is 1. The molecular formula is C15H24N2O2S2. The van der Waals surface area contributed by atoms with E-state index in [4.69, 9.17) is 0 Å². The molecule has 2 aliphatic rings. The van der Waals surface area contributed by atoms with Gasteiger partial charge in [0.2, 0.25) is 10.0 Å². The molecule has 1 saturated carbocycles. The van der Waals surface area contributed by atoms with Crippen molar-refractivity contribution in [3.05, 3.63) is 17.5 Å². The van der Waals surface area contributed by atoms with E-state index >= 15 is 0 Å². The molecule has 2 heterocycles. The van der Waals surface area contributed by atoms with E-state index in [9.17, 15) is 8.42 Å². The van der Waals surface area contributed by atoms with Gasteiger partial charge in [-0.05, 0) is 56.1 Å². The van der Waals surface area contributed by atoms with Crippen LogP contribution in [0.1, 0.15) is 38.5 Å². The molecule has 0 spiro atoms. The molecular weight excluding hydrogens is 304 g/mol. The van der Waals surface area contributed by atoms with Gasteiger partial charge in [-0.1, -0.05) is 18.9 Å². The largest absolute Gasteiger partial charge is 0.300 e. The SMILES string of the molecule is O=S(=O)(NCC1CCN(C2CCCC2)CC1)c1cccs1. The smallest absolute Gasteiger partial charge is 0.250 e. The lowest BCUT2D eigenvalue weighted by Crippen LogP contribution is -2.42. The molecule has 1 saturated heterocycles. The summed E-state index contributed by atoms with van der Waals surface area (Å²) in [6.07, 6.45) is 7.70. The third-order valence-electron chi connectivity index (χ3n) is 4.81. The summed E-state index contributed by atoms with van der Waals surface area (Å²) >= 11 is 1.27. The second-order valence-electron chi connectivity index (χ2n) is 6.20. The van der Waals surface area contributed by atoms with Gasteiger partial charge in [-0.25, -0.2) is 13.1 Å². The molecule has 2 fully saturated rings. The second-order valence-corrected chi connectivity index (χ2v) is 9.14. The second kappa shape index (κ2) is 6.77. The van der Waals surface area contributed by atoms with Gasteiger partial charge in [0, 0.05) is 12.6 Å². The molecule has 0 amide bonds. The highest BCUT2D eigenvalue weighted by Gasteiger charge is 2.27. The minimum Gasteiger partial charge on any atom is -0.300 e. The number of hydrogen-bond donors (Lipinski definition) is 1. The molecule has 0 aromatic carbocycles. The zero-order chi connectivity index (χ0) is 14.7. The van der Waals surface area contributed by atoms with Crippen LogP contribution in [0.2, 0.25) is 0 Å². The van der Waals surface area contributed by atoms with Gasteiger partial charge in [0.25, 0.3) is 0 Å². The fourth-order valence-electron chi connectivity index (χ4n) is 3.51. The van der Waals surface area contributed by atoms with Crippen LogP contribution in [-0.4, -0.2) is 39.0 Å². The summed E-state index contributed by atoms with van der Waals surface area (Å²) in [5, 5.41) is 1.80. The van der Waals surface area contributed by atoms with Gasteiger partial charge in [-0.15, -0.1) is 11.3 Å². The average Bonchev–Trinajstić information content (AvgIpc) is 3.19. The van der Waals surface area contributed by atoms with Crippen molar-refractivity contribution in [1.82, 2.24) is 9.62 Å². The lowest BCUT2D eigenvalue weighted by Gasteiger charge is -2.36. The summed E-state index contributed by atoms with van der Waals surface area (Å²) in [5.41, 5.74) is 0. The topological polar surface area (TPSA) is 49.4 Å². The van der Waals surface area contributed by atoms with E-state index in [1.165, 1.54) is 37.0 Å². The van der Waals surface area contributed by atoms with Crippen molar-refractivity contribution in [2.75, 3.05) is 19.6 Å². The van der Waals surface area contributed by atoms with E-state index in [1.807, 2.05) is 0 Å². The molecule has 1 aliphatic carbocycles. The summed E-state index contributed by atoms with van der Waals surface area (Å²) in [5.74, 6) is 0.484. The number of nitrogens with zero attached hydrogens (tertiary/aromatic N) is 1. The van der Waals surface area contributed by atoms with E-state index in [0.29, 0.717) is 16.7 Å². The summed E-state index contributed by atoms with van der Waals surface area (Å²) in [6, 6.07) is 4.24. The molecule has 1 aromatic heterocycles. The first-order chi connectivity index (χ1) is 10.1. The highest BCUT2D eigenvalue weighted by atomic mass is 32.2. The Hall–Kier alpha value is -0.430. The van der Waals surface area contributed by atoms with Crippen LogP contribution in [0.4, 0.5) is 0 Å². The Morgan fingerprint density at radius 3 is 2.52 bits per heavy atom. The van der Waals surface area contributed by atoms with E-state index in [0.717, 1.165) is 32.0 Å². The standard InChI is InChI=1S/C15H24N2O2S2/c18-21(19,15-6-3-11-20-15)16-12-13-7-9-17(10-8-13)14-4-1-2-5-14/h3,6,11,13-14,16H,1-2,4-5,7-10,12H2. The Bertz CT molecular complexity index is 528. The van der Waals surface area contributed by atoms with Gasteiger partial charge in [-0.3, -0.25) is 0 Å². The van der Waals surface area contributed by atoms with E-state index in [1.54, 1.807) is 17.5 Å². The van der Waals surface area contributed by atoms with Crippen LogP contribution in [0.3, 0.4) is 0 Å². The van der Waals surface area contributed by atoms with Crippen LogP contribution in [0.15, 0.2) is 21.7 Å². The fourth-order valence-corrected chi connectivity index (χ4v) is 5.66. The molecule has 6 heteroatoms. The highest BCUT2D eigenvalue weighted by Crippen LogP contribution is 2.27. The van der Waals surface area contributed by atoms with Crippen molar-refractivity contribution >= 4 is 21.4 Å². The molecule has 1 aliphatic heterocycles. The molecule has 1 N–H and O–H groups in total. The quantitative estimate of drug-likeness (QED) is 0.904. The van der Waals surface area contributed by atoms with E-state index < -0.39 is 10.0 Å². The zero-order valence-corrected chi connectivity index (χ0v) is 14.0. The van der Waals surface area contributed by atoms with Gasteiger partial charge in [0.15, 0.2) is 0 Å². The lowest BCUT2D eigenvalue weighted by atomic mass is 9.96. The van der Waals surface area contributed by atoms with E-state index in [2.05, 4.69) is 9.62 Å². The van der Waals surface area contributed by atoms with E-state index in [-0.39, 0.29) is 0 Å². The van der Waals surface area contributed by atoms with Crippen molar-refractivity contribution in [2.45, 2.75) is 48.8 Å². The lowest BCUT2D eigenvalue weighted by molar-refractivity contribution is 0.135. The molecule has 3 rings (SSSR count). The van der Waals surface area contributed by atoms with Gasteiger partial charge < -0.3 is 4.90 Å². The van der Waals surface area contributed by atoms with Crippen molar-refractivity contribution < 1.29 is 8.42 Å². The number of hydrogen-bond acceptors (Lipinski definition) is 4. The number of sulfonamides is 1. The number of piperidine rings is 1. The minimum absolute atomic E-state index is 0.422. The molecule has 4 nitrogen and oxygen atoms in total. The number of thiophene rings is 1. The van der Waals surface area contributed by atoms with Gasteiger partial charge in [0.1, 0.15) is 4.21 Å². The third kappa shape index (κ3) is 3.86. The van der Waals surface area contributed by atoms with Gasteiger partial charge in [-0.2, -0.15) is 0 Å². The summed E-state index contributed by atoms with van der Waals surface area (Å²) in [6.45, 7) is 2.85. The first-order valence-electron chi connectivity index (χ1n) is 7.92. The molecule has 1 aromatic rings. The maximum absolute atomic E-state index is 12.1. The molecule has 0 bridgehead atoms. The van der Waals surface area contributed by atoms with Crippen LogP contribution < -0.4 is 4.72 Å². The predicted molar refractivity (Wildman–Crippen MR) is 86.1 cm³/mol. The summed E-state index contributed by atoms with van der Waals surface area (Å²) < 4.78 is 27.4. The normalized spacial score (nSPS) is 22.9. The Morgan fingerprint density at radius 1 is 1.19 bits per heavy atom. The van der Waals surface area contributed by atoms with Gasteiger partial charge in [0.05, 0.1) is 0 Å². The maximum Gasteiger partial charge on any atom is 0.250 e. The minimum atomic E-state index is -3.29. The van der Waals surface area contributed by atoms with Crippen LogP contribution >= 0.6 is 11.3 Å².